The van der Waals surface area contributed by atoms with E-state index in [0.29, 0.717) is 38.1 Å². The maximum atomic E-state index is 13.1. The maximum Gasteiger partial charge on any atom is 0.357 e. The largest absolute Gasteiger partial charge is 0.496 e. The molecule has 0 aliphatic heterocycles. The van der Waals surface area contributed by atoms with Crippen LogP contribution in [0.25, 0.3) is 27.5 Å². The van der Waals surface area contributed by atoms with Crippen LogP contribution in [-0.4, -0.2) is 45.2 Å². The van der Waals surface area contributed by atoms with Gasteiger partial charge in [-0.3, -0.25) is 4.98 Å². The molecule has 36 heavy (non-hydrogen) atoms. The van der Waals surface area contributed by atoms with Crippen molar-refractivity contribution in [3.8, 4) is 33.3 Å². The van der Waals surface area contributed by atoms with E-state index in [1.165, 1.54) is 18.4 Å². The number of pyridine rings is 1. The van der Waals surface area contributed by atoms with Gasteiger partial charge in [-0.05, 0) is 56.7 Å². The number of hydrogen-bond donors (Lipinski definition) is 0. The number of thiazole rings is 1. The number of carbonyl (C=O) groups is 1. The van der Waals surface area contributed by atoms with Crippen LogP contribution in [0, 0.1) is 20.8 Å². The van der Waals surface area contributed by atoms with E-state index in [1.807, 2.05) is 45.0 Å². The first-order chi connectivity index (χ1) is 17.1. The lowest BCUT2D eigenvalue weighted by Crippen LogP contribution is -2.11. The quantitative estimate of drug-likeness (QED) is 0.185. The van der Waals surface area contributed by atoms with E-state index < -0.39 is 5.97 Å². The Balaban J connectivity index is 1.97. The lowest BCUT2D eigenvalue weighted by atomic mass is 10.0. The third-order valence-corrected chi connectivity index (χ3v) is 7.81. The minimum atomic E-state index is -0.489. The molecule has 0 aliphatic rings. The fourth-order valence-electron chi connectivity index (χ4n) is 3.99. The van der Waals surface area contributed by atoms with E-state index in [2.05, 4.69) is 18.8 Å². The number of aryl methyl sites for hydroxylation is 3. The molecule has 3 aromatic heterocycles. The third kappa shape index (κ3) is 5.14. The Bertz CT molecular complexity index is 1430. The first-order valence-electron chi connectivity index (χ1n) is 11.3. The molecule has 4 aromatic rings. The van der Waals surface area contributed by atoms with Crippen LogP contribution in [-0.2, 0) is 4.74 Å². The number of rotatable bonds is 7. The Labute approximate surface area is 223 Å². The van der Waals surface area contributed by atoms with Crippen LogP contribution in [0.4, 0.5) is 0 Å². The van der Waals surface area contributed by atoms with Crippen LogP contribution >= 0.6 is 34.7 Å². The average Bonchev–Trinajstić information content (AvgIpc) is 3.38. The average molecular weight is 543 g/mol. The predicted molar refractivity (Wildman–Crippen MR) is 146 cm³/mol. The number of carbonyl (C=O) groups excluding carboxylic acids is 1. The summed E-state index contributed by atoms with van der Waals surface area (Å²) >= 11 is 9.37. The molecule has 188 valence electrons. The number of thioether (sulfide) groups is 1. The van der Waals surface area contributed by atoms with E-state index in [1.54, 1.807) is 29.6 Å². The molecule has 0 aliphatic carbocycles. The molecule has 7 nitrogen and oxygen atoms in total. The van der Waals surface area contributed by atoms with E-state index in [4.69, 9.17) is 31.2 Å². The second-order valence-electron chi connectivity index (χ2n) is 8.49. The summed E-state index contributed by atoms with van der Waals surface area (Å²) in [5.74, 6) is 0.134. The zero-order valence-corrected chi connectivity index (χ0v) is 23.6. The van der Waals surface area contributed by atoms with Crippen molar-refractivity contribution in [3.63, 3.8) is 0 Å². The number of benzene rings is 1. The molecule has 4 rings (SSSR count). The van der Waals surface area contributed by atoms with Crippen molar-refractivity contribution in [2.75, 3.05) is 14.2 Å². The van der Waals surface area contributed by atoms with Gasteiger partial charge in [0.1, 0.15) is 11.4 Å². The van der Waals surface area contributed by atoms with E-state index in [-0.39, 0.29) is 0 Å². The van der Waals surface area contributed by atoms with Crippen molar-refractivity contribution >= 4 is 40.7 Å². The summed E-state index contributed by atoms with van der Waals surface area (Å²) in [5, 5.41) is 6.20. The Hall–Kier alpha value is -2.88. The summed E-state index contributed by atoms with van der Waals surface area (Å²) in [6.45, 7) is 9.98. The van der Waals surface area contributed by atoms with Crippen LogP contribution < -0.4 is 4.74 Å². The van der Waals surface area contributed by atoms with Gasteiger partial charge in [-0.1, -0.05) is 36.8 Å². The minimum absolute atomic E-state index is 0.313. The lowest BCUT2D eigenvalue weighted by molar-refractivity contribution is 0.0591. The van der Waals surface area contributed by atoms with E-state index in [0.717, 1.165) is 32.4 Å². The minimum Gasteiger partial charge on any atom is -0.496 e. The molecule has 0 atom stereocenters. The number of halogens is 1. The van der Waals surface area contributed by atoms with Crippen LogP contribution in [0.3, 0.4) is 0 Å². The Morgan fingerprint density at radius 3 is 2.39 bits per heavy atom. The topological polar surface area (TPSA) is 79.1 Å². The molecule has 0 bridgehead atoms. The highest BCUT2D eigenvalue weighted by molar-refractivity contribution is 8.01. The summed E-state index contributed by atoms with van der Waals surface area (Å²) in [6, 6.07) is 9.36. The normalized spacial score (nSPS) is 11.2. The smallest absolute Gasteiger partial charge is 0.357 e. The summed E-state index contributed by atoms with van der Waals surface area (Å²) < 4.78 is 13.4. The van der Waals surface area contributed by atoms with E-state index in [9.17, 15) is 4.79 Å². The van der Waals surface area contributed by atoms with Gasteiger partial charge in [-0.15, -0.1) is 11.8 Å². The van der Waals surface area contributed by atoms with Gasteiger partial charge < -0.3 is 9.47 Å². The van der Waals surface area contributed by atoms with Crippen molar-refractivity contribution in [2.45, 2.75) is 44.1 Å². The monoisotopic (exact) mass is 542 g/mol. The van der Waals surface area contributed by atoms with Crippen LogP contribution in [0.2, 0.25) is 5.02 Å². The van der Waals surface area contributed by atoms with Gasteiger partial charge in [0, 0.05) is 32.8 Å². The molecular weight excluding hydrogens is 516 g/mol. The molecule has 3 heterocycles. The summed E-state index contributed by atoms with van der Waals surface area (Å²) in [4.78, 5) is 22.5. The van der Waals surface area contributed by atoms with Crippen LogP contribution in [0.5, 0.6) is 5.75 Å². The van der Waals surface area contributed by atoms with Crippen molar-refractivity contribution in [3.05, 3.63) is 58.1 Å². The van der Waals surface area contributed by atoms with Gasteiger partial charge in [-0.25, -0.2) is 9.78 Å². The molecule has 0 unspecified atom stereocenters. The summed E-state index contributed by atoms with van der Waals surface area (Å²) in [6.07, 6.45) is 0. The number of hydrogen-bond acceptors (Lipinski definition) is 8. The number of esters is 1. The first-order valence-corrected chi connectivity index (χ1v) is 13.4. The fourth-order valence-corrected chi connectivity index (χ4v) is 6.61. The van der Waals surface area contributed by atoms with Gasteiger partial charge in [0.2, 0.25) is 5.13 Å². The zero-order valence-electron chi connectivity index (χ0n) is 21.2. The number of ether oxygens (including phenoxy) is 2. The molecule has 1 aromatic carbocycles. The summed E-state index contributed by atoms with van der Waals surface area (Å²) in [7, 11) is 2.97. The molecular formula is C26H27ClN4O3S2. The maximum absolute atomic E-state index is 13.1. The van der Waals surface area contributed by atoms with E-state index >= 15 is 0 Å². The summed E-state index contributed by atoms with van der Waals surface area (Å²) in [5.41, 5.74) is 5.86. The SMILES string of the molecule is COC(=O)c1c(-c2cc(C)nc(C)c2)c(C)nn1-c1nc(-c2ccc(Cl)cc2OC)c(SC(C)C)s1. The van der Waals surface area contributed by atoms with Crippen molar-refractivity contribution in [1.29, 1.82) is 0 Å². The molecule has 0 radical (unpaired) electrons. The highest BCUT2D eigenvalue weighted by Gasteiger charge is 2.28. The predicted octanol–water partition coefficient (Wildman–Crippen LogP) is 6.93. The molecule has 0 saturated carbocycles. The zero-order chi connectivity index (χ0) is 26.1. The second kappa shape index (κ2) is 10.6. The first kappa shape index (κ1) is 26.2. The highest BCUT2D eigenvalue weighted by Crippen LogP contribution is 2.44. The van der Waals surface area contributed by atoms with Gasteiger partial charge in [0.05, 0.1) is 24.1 Å². The number of nitrogens with zero attached hydrogens (tertiary/aromatic N) is 4. The second-order valence-corrected chi connectivity index (χ2v) is 11.8. The Kier molecular flexibility index (Phi) is 7.73. The van der Waals surface area contributed by atoms with Crippen LogP contribution in [0.15, 0.2) is 34.5 Å². The molecule has 0 N–H and O–H groups in total. The number of methoxy groups -OCH3 is 2. The molecule has 0 saturated heterocycles. The number of aromatic nitrogens is 4. The van der Waals surface area contributed by atoms with Crippen molar-refractivity contribution in [1.82, 2.24) is 19.7 Å². The molecule has 0 spiro atoms. The van der Waals surface area contributed by atoms with Gasteiger partial charge in [0.15, 0.2) is 5.69 Å². The standard InChI is InChI=1S/C26H27ClN4O3S2/c1-13(2)35-25-22(19-9-8-18(27)12-20(19)33-6)29-26(36-25)31-23(24(32)34-7)21(16(5)30-31)17-10-14(3)28-15(4)11-17/h8-13H,1-7H3. The van der Waals surface area contributed by atoms with Crippen molar-refractivity contribution < 1.29 is 14.3 Å². The lowest BCUT2D eigenvalue weighted by Gasteiger charge is -2.09. The molecule has 10 heteroatoms. The van der Waals surface area contributed by atoms with Crippen LogP contribution in [0.1, 0.15) is 41.4 Å². The van der Waals surface area contributed by atoms with Gasteiger partial charge >= 0.3 is 5.97 Å². The molecule has 0 amide bonds. The molecule has 0 fully saturated rings. The van der Waals surface area contributed by atoms with Gasteiger partial charge in [-0.2, -0.15) is 9.78 Å². The third-order valence-electron chi connectivity index (χ3n) is 5.34. The van der Waals surface area contributed by atoms with Gasteiger partial charge in [0.25, 0.3) is 0 Å². The fraction of sp³-hybridized carbons (Fsp3) is 0.308. The Morgan fingerprint density at radius 1 is 1.08 bits per heavy atom. The highest BCUT2D eigenvalue weighted by atomic mass is 35.5. The van der Waals surface area contributed by atoms with Crippen molar-refractivity contribution in [2.24, 2.45) is 0 Å². The Morgan fingerprint density at radius 2 is 1.78 bits per heavy atom.